The first-order chi connectivity index (χ1) is 10.2. The van der Waals surface area contributed by atoms with Gasteiger partial charge in [0.05, 0.1) is 0 Å². The summed E-state index contributed by atoms with van der Waals surface area (Å²) in [6.07, 6.45) is 1.25. The van der Waals surface area contributed by atoms with Crippen LogP contribution in [-0.2, 0) is 11.3 Å². The zero-order chi connectivity index (χ0) is 15.1. The standard InChI is InChI=1S/C15H17FN4O/c1-2-3-15(21)18-14-9-8-13(19-20-14)17-10-11-4-6-12(16)7-5-11/h4-9H,2-3,10H2,1H3,(H,17,19)(H,18,20,21). The number of carbonyl (C=O) groups is 1. The molecule has 0 unspecified atom stereocenters. The van der Waals surface area contributed by atoms with Crippen LogP contribution in [0.5, 0.6) is 0 Å². The molecule has 1 aromatic heterocycles. The fourth-order valence-electron chi connectivity index (χ4n) is 1.72. The Balaban J connectivity index is 1.87. The molecule has 0 aliphatic heterocycles. The number of carbonyl (C=O) groups excluding carboxylic acids is 1. The number of aromatic nitrogens is 2. The Morgan fingerprint density at radius 1 is 1.10 bits per heavy atom. The van der Waals surface area contributed by atoms with E-state index in [9.17, 15) is 9.18 Å². The molecule has 0 radical (unpaired) electrons. The van der Waals surface area contributed by atoms with Crippen LogP contribution >= 0.6 is 0 Å². The van der Waals surface area contributed by atoms with Gasteiger partial charge in [0.2, 0.25) is 5.91 Å². The molecular formula is C15H17FN4O. The summed E-state index contributed by atoms with van der Waals surface area (Å²) >= 11 is 0. The average molecular weight is 288 g/mol. The highest BCUT2D eigenvalue weighted by Gasteiger charge is 2.03. The summed E-state index contributed by atoms with van der Waals surface area (Å²) in [6, 6.07) is 9.65. The van der Waals surface area contributed by atoms with Gasteiger partial charge in [-0.1, -0.05) is 19.1 Å². The molecule has 5 nitrogen and oxygen atoms in total. The van der Waals surface area contributed by atoms with Gasteiger partial charge in [-0.05, 0) is 36.2 Å². The lowest BCUT2D eigenvalue weighted by Gasteiger charge is -2.06. The second-order valence-electron chi connectivity index (χ2n) is 4.58. The van der Waals surface area contributed by atoms with E-state index in [1.807, 2.05) is 6.92 Å². The minimum atomic E-state index is -0.259. The quantitative estimate of drug-likeness (QED) is 0.857. The average Bonchev–Trinajstić information content (AvgIpc) is 2.48. The van der Waals surface area contributed by atoms with Gasteiger partial charge >= 0.3 is 0 Å². The van der Waals surface area contributed by atoms with Gasteiger partial charge in [-0.2, -0.15) is 0 Å². The largest absolute Gasteiger partial charge is 0.365 e. The van der Waals surface area contributed by atoms with E-state index in [4.69, 9.17) is 0 Å². The second kappa shape index (κ2) is 7.33. The summed E-state index contributed by atoms with van der Waals surface area (Å²) in [5, 5.41) is 13.6. The van der Waals surface area contributed by atoms with Gasteiger partial charge in [0.1, 0.15) is 11.6 Å². The summed E-state index contributed by atoms with van der Waals surface area (Å²) in [7, 11) is 0. The first kappa shape index (κ1) is 14.9. The molecule has 21 heavy (non-hydrogen) atoms. The fourth-order valence-corrected chi connectivity index (χ4v) is 1.72. The Kier molecular flexibility index (Phi) is 5.20. The van der Waals surface area contributed by atoms with E-state index >= 15 is 0 Å². The van der Waals surface area contributed by atoms with Gasteiger partial charge in [-0.25, -0.2) is 4.39 Å². The van der Waals surface area contributed by atoms with Crippen LogP contribution in [0.25, 0.3) is 0 Å². The Bertz CT molecular complexity index is 584. The van der Waals surface area contributed by atoms with E-state index < -0.39 is 0 Å². The van der Waals surface area contributed by atoms with Crippen LogP contribution in [0.3, 0.4) is 0 Å². The molecule has 1 heterocycles. The van der Waals surface area contributed by atoms with E-state index in [0.29, 0.717) is 24.6 Å². The number of nitrogens with one attached hydrogen (secondary N) is 2. The van der Waals surface area contributed by atoms with E-state index in [1.165, 1.54) is 12.1 Å². The van der Waals surface area contributed by atoms with Crippen molar-refractivity contribution in [1.29, 1.82) is 0 Å². The highest BCUT2D eigenvalue weighted by molar-refractivity contribution is 5.89. The zero-order valence-corrected chi connectivity index (χ0v) is 11.8. The maximum absolute atomic E-state index is 12.8. The lowest BCUT2D eigenvalue weighted by molar-refractivity contribution is -0.116. The number of hydrogen-bond donors (Lipinski definition) is 2. The predicted molar refractivity (Wildman–Crippen MR) is 79.3 cm³/mol. The molecule has 0 spiro atoms. The number of rotatable bonds is 6. The van der Waals surface area contributed by atoms with E-state index in [2.05, 4.69) is 20.8 Å². The van der Waals surface area contributed by atoms with Crippen molar-refractivity contribution in [2.75, 3.05) is 10.6 Å². The molecule has 110 valence electrons. The highest BCUT2D eigenvalue weighted by Crippen LogP contribution is 2.09. The van der Waals surface area contributed by atoms with E-state index in [1.54, 1.807) is 24.3 Å². The van der Waals surface area contributed by atoms with Crippen molar-refractivity contribution >= 4 is 17.5 Å². The zero-order valence-electron chi connectivity index (χ0n) is 11.8. The number of amides is 1. The molecule has 0 atom stereocenters. The molecule has 0 aliphatic rings. The molecule has 2 aromatic rings. The minimum absolute atomic E-state index is 0.0705. The Hall–Kier alpha value is -2.50. The maximum Gasteiger partial charge on any atom is 0.225 e. The van der Waals surface area contributed by atoms with Crippen LogP contribution in [0.4, 0.5) is 16.0 Å². The van der Waals surface area contributed by atoms with Crippen molar-refractivity contribution in [2.24, 2.45) is 0 Å². The molecule has 2 rings (SSSR count). The van der Waals surface area contributed by atoms with Crippen LogP contribution in [0.15, 0.2) is 36.4 Å². The summed E-state index contributed by atoms with van der Waals surface area (Å²) in [5.74, 6) is 0.693. The van der Waals surface area contributed by atoms with Crippen molar-refractivity contribution in [3.63, 3.8) is 0 Å². The van der Waals surface area contributed by atoms with Crippen molar-refractivity contribution in [2.45, 2.75) is 26.3 Å². The molecular weight excluding hydrogens is 271 g/mol. The van der Waals surface area contributed by atoms with Crippen molar-refractivity contribution in [3.05, 3.63) is 47.8 Å². The number of halogens is 1. The normalized spacial score (nSPS) is 10.2. The molecule has 0 bridgehead atoms. The van der Waals surface area contributed by atoms with E-state index in [0.717, 1.165) is 12.0 Å². The first-order valence-electron chi connectivity index (χ1n) is 6.79. The second-order valence-corrected chi connectivity index (χ2v) is 4.58. The summed E-state index contributed by atoms with van der Waals surface area (Å²) in [5.41, 5.74) is 0.943. The molecule has 0 saturated heterocycles. The number of anilines is 2. The first-order valence-corrected chi connectivity index (χ1v) is 6.79. The van der Waals surface area contributed by atoms with Crippen LogP contribution in [0.2, 0.25) is 0 Å². The van der Waals surface area contributed by atoms with Gasteiger partial charge in [-0.3, -0.25) is 4.79 Å². The van der Waals surface area contributed by atoms with Gasteiger partial charge in [-0.15, -0.1) is 10.2 Å². The molecule has 6 heteroatoms. The molecule has 1 amide bonds. The van der Waals surface area contributed by atoms with Gasteiger partial charge in [0.15, 0.2) is 5.82 Å². The third-order valence-electron chi connectivity index (χ3n) is 2.80. The minimum Gasteiger partial charge on any atom is -0.365 e. The topological polar surface area (TPSA) is 66.9 Å². The van der Waals surface area contributed by atoms with Crippen molar-refractivity contribution in [3.8, 4) is 0 Å². The van der Waals surface area contributed by atoms with Gasteiger partial charge < -0.3 is 10.6 Å². The summed E-state index contributed by atoms with van der Waals surface area (Å²) in [6.45, 7) is 2.46. The van der Waals surface area contributed by atoms with Crippen molar-refractivity contribution in [1.82, 2.24) is 10.2 Å². The lowest BCUT2D eigenvalue weighted by Crippen LogP contribution is -2.12. The number of benzene rings is 1. The Morgan fingerprint density at radius 3 is 2.38 bits per heavy atom. The molecule has 0 fully saturated rings. The third-order valence-corrected chi connectivity index (χ3v) is 2.80. The number of nitrogens with zero attached hydrogens (tertiary/aromatic N) is 2. The Labute approximate surface area is 122 Å². The highest BCUT2D eigenvalue weighted by atomic mass is 19.1. The Morgan fingerprint density at radius 2 is 1.76 bits per heavy atom. The van der Waals surface area contributed by atoms with Gasteiger partial charge in [0.25, 0.3) is 0 Å². The molecule has 2 N–H and O–H groups in total. The van der Waals surface area contributed by atoms with Crippen LogP contribution in [-0.4, -0.2) is 16.1 Å². The molecule has 0 aliphatic carbocycles. The molecule has 0 saturated carbocycles. The SMILES string of the molecule is CCCC(=O)Nc1ccc(NCc2ccc(F)cc2)nn1. The van der Waals surface area contributed by atoms with Crippen LogP contribution in [0.1, 0.15) is 25.3 Å². The third kappa shape index (κ3) is 4.83. The predicted octanol–water partition coefficient (Wildman–Crippen LogP) is 2.97. The summed E-state index contributed by atoms with van der Waals surface area (Å²) in [4.78, 5) is 11.4. The van der Waals surface area contributed by atoms with Crippen LogP contribution in [0, 0.1) is 5.82 Å². The summed E-state index contributed by atoms with van der Waals surface area (Å²) < 4.78 is 12.8. The maximum atomic E-state index is 12.8. The fraction of sp³-hybridized carbons (Fsp3) is 0.267. The van der Waals surface area contributed by atoms with Crippen LogP contribution < -0.4 is 10.6 Å². The molecule has 1 aromatic carbocycles. The lowest BCUT2D eigenvalue weighted by atomic mass is 10.2. The van der Waals surface area contributed by atoms with Gasteiger partial charge in [0, 0.05) is 13.0 Å². The van der Waals surface area contributed by atoms with Crippen molar-refractivity contribution < 1.29 is 9.18 Å². The monoisotopic (exact) mass is 288 g/mol. The number of hydrogen-bond acceptors (Lipinski definition) is 4. The van der Waals surface area contributed by atoms with E-state index in [-0.39, 0.29) is 11.7 Å². The smallest absolute Gasteiger partial charge is 0.225 e.